The summed E-state index contributed by atoms with van der Waals surface area (Å²) in [6.07, 6.45) is 4.08. The van der Waals surface area contributed by atoms with Crippen LogP contribution in [0.15, 0.2) is 53.1 Å². The molecule has 0 bridgehead atoms. The van der Waals surface area contributed by atoms with E-state index in [4.69, 9.17) is 16.0 Å². The van der Waals surface area contributed by atoms with Crippen molar-refractivity contribution in [2.45, 2.75) is 38.6 Å². The second-order valence-electron chi connectivity index (χ2n) is 10.3. The molecule has 11 heteroatoms. The van der Waals surface area contributed by atoms with Crippen LogP contribution in [0.25, 0.3) is 22.7 Å². The van der Waals surface area contributed by atoms with Crippen molar-refractivity contribution in [1.29, 1.82) is 0 Å². The van der Waals surface area contributed by atoms with Crippen molar-refractivity contribution in [2.75, 3.05) is 25.0 Å². The smallest absolute Gasteiger partial charge is 0.322 e. The summed E-state index contributed by atoms with van der Waals surface area (Å²) in [6, 6.07) is 13.5. The molecule has 0 aliphatic carbocycles. The maximum Gasteiger partial charge on any atom is 0.322 e. The minimum Gasteiger partial charge on any atom is -0.420 e. The number of benzene rings is 2. The van der Waals surface area contributed by atoms with Gasteiger partial charge in [0.15, 0.2) is 0 Å². The van der Waals surface area contributed by atoms with Gasteiger partial charge in [0.05, 0.1) is 11.9 Å². The van der Waals surface area contributed by atoms with Gasteiger partial charge in [0, 0.05) is 54.6 Å². The molecule has 2 aromatic heterocycles. The van der Waals surface area contributed by atoms with Gasteiger partial charge in [-0.1, -0.05) is 29.8 Å². The van der Waals surface area contributed by atoms with E-state index in [-0.39, 0.29) is 30.3 Å². The van der Waals surface area contributed by atoms with E-state index < -0.39 is 0 Å². The van der Waals surface area contributed by atoms with Crippen LogP contribution in [0.5, 0.6) is 0 Å². The van der Waals surface area contributed by atoms with Gasteiger partial charge >= 0.3 is 6.03 Å². The molecule has 1 N–H and O–H groups in total. The first kappa shape index (κ1) is 26.1. The topological polar surface area (TPSA) is 109 Å². The Morgan fingerprint density at radius 2 is 1.88 bits per heavy atom. The second-order valence-corrected chi connectivity index (χ2v) is 10.7. The molecular formula is C29H30ClN7O3. The quantitative estimate of drug-likeness (QED) is 0.379. The molecule has 0 atom stereocenters. The fourth-order valence-electron chi connectivity index (χ4n) is 5.48. The fraction of sp³-hybridized carbons (Fsp3) is 0.345. The number of hydrogen-bond acceptors (Lipinski definition) is 6. The van der Waals surface area contributed by atoms with E-state index in [2.05, 4.69) is 26.6 Å². The first-order valence-corrected chi connectivity index (χ1v) is 13.8. The molecule has 4 aromatic rings. The number of hydrogen-bond donors (Lipinski definition) is 1. The summed E-state index contributed by atoms with van der Waals surface area (Å²) in [7, 11) is 1.94. The molecular weight excluding hydrogens is 530 g/mol. The number of likely N-dealkylation sites (tertiary alicyclic amines) is 1. The third-order valence-electron chi connectivity index (χ3n) is 7.83. The second kappa shape index (κ2) is 10.8. The highest BCUT2D eigenvalue weighted by atomic mass is 35.5. The molecule has 3 amide bonds. The first-order valence-electron chi connectivity index (χ1n) is 13.4. The van der Waals surface area contributed by atoms with Crippen LogP contribution < -0.4 is 5.32 Å². The molecule has 4 heterocycles. The summed E-state index contributed by atoms with van der Waals surface area (Å²) in [6.45, 7) is 3.74. The number of rotatable bonds is 5. The summed E-state index contributed by atoms with van der Waals surface area (Å²) in [5, 5.41) is 11.9. The summed E-state index contributed by atoms with van der Waals surface area (Å²) < 4.78 is 7.86. The SMILES string of the molecule is Cc1ncc(-c2cc(Cl)cc(-c3nnc(CC(=O)N4CCC(N5CCc6ccccc6NC5=O)CC4)o3)c2)n1C. The molecule has 6 rings (SSSR count). The van der Waals surface area contributed by atoms with Gasteiger partial charge in [0.1, 0.15) is 12.2 Å². The van der Waals surface area contributed by atoms with Crippen molar-refractivity contribution >= 4 is 29.2 Å². The zero-order valence-corrected chi connectivity index (χ0v) is 23.2. The average Bonchev–Trinajstić information content (AvgIpc) is 3.50. The minimum absolute atomic E-state index is 0.0194. The van der Waals surface area contributed by atoms with Gasteiger partial charge in [0.25, 0.3) is 0 Å². The Kier molecular flexibility index (Phi) is 7.02. The normalized spacial score (nSPS) is 16.0. The molecule has 0 spiro atoms. The van der Waals surface area contributed by atoms with Crippen LogP contribution in [0.1, 0.15) is 30.1 Å². The van der Waals surface area contributed by atoms with E-state index in [9.17, 15) is 9.59 Å². The number of nitrogens with one attached hydrogen (secondary N) is 1. The number of halogens is 1. The van der Waals surface area contributed by atoms with Crippen molar-refractivity contribution in [2.24, 2.45) is 7.05 Å². The molecule has 0 saturated carbocycles. The molecule has 1 fully saturated rings. The molecule has 10 nitrogen and oxygen atoms in total. The monoisotopic (exact) mass is 559 g/mol. The largest absolute Gasteiger partial charge is 0.420 e. The number of para-hydroxylation sites is 1. The van der Waals surface area contributed by atoms with Gasteiger partial charge < -0.3 is 24.1 Å². The Morgan fingerprint density at radius 3 is 2.65 bits per heavy atom. The highest BCUT2D eigenvalue weighted by Crippen LogP contribution is 2.30. The maximum absolute atomic E-state index is 13.1. The number of carbonyl (C=O) groups excluding carboxylic acids is 2. The van der Waals surface area contributed by atoms with Gasteiger partial charge in [-0.3, -0.25) is 4.79 Å². The number of anilines is 1. The van der Waals surface area contributed by atoms with Gasteiger partial charge in [-0.2, -0.15) is 0 Å². The Labute approximate surface area is 237 Å². The predicted molar refractivity (Wildman–Crippen MR) is 151 cm³/mol. The van der Waals surface area contributed by atoms with E-state index in [1.165, 1.54) is 0 Å². The predicted octanol–water partition coefficient (Wildman–Crippen LogP) is 4.72. The Morgan fingerprint density at radius 1 is 1.10 bits per heavy atom. The van der Waals surface area contributed by atoms with Gasteiger partial charge in [-0.15, -0.1) is 10.2 Å². The van der Waals surface area contributed by atoms with Crippen molar-refractivity contribution in [3.63, 3.8) is 0 Å². The zero-order chi connectivity index (χ0) is 27.8. The first-order chi connectivity index (χ1) is 19.4. The summed E-state index contributed by atoms with van der Waals surface area (Å²) in [5.74, 6) is 1.37. The lowest BCUT2D eigenvalue weighted by Gasteiger charge is -2.37. The van der Waals surface area contributed by atoms with Gasteiger partial charge in [0.2, 0.25) is 17.7 Å². The van der Waals surface area contributed by atoms with Crippen molar-refractivity contribution in [3.8, 4) is 22.7 Å². The lowest BCUT2D eigenvalue weighted by molar-refractivity contribution is -0.132. The number of urea groups is 1. The van der Waals surface area contributed by atoms with E-state index in [0.717, 1.165) is 47.6 Å². The minimum atomic E-state index is -0.0733. The number of imidazole rings is 1. The lowest BCUT2D eigenvalue weighted by Crippen LogP contribution is -2.50. The maximum atomic E-state index is 13.1. The summed E-state index contributed by atoms with van der Waals surface area (Å²) in [4.78, 5) is 34.0. The molecule has 2 aromatic carbocycles. The number of nitrogens with zero attached hydrogens (tertiary/aromatic N) is 6. The van der Waals surface area contributed by atoms with Crippen molar-refractivity contribution < 1.29 is 14.0 Å². The molecule has 40 heavy (non-hydrogen) atoms. The number of aryl methyl sites for hydroxylation is 1. The number of fused-ring (bicyclic) bond motifs is 1. The Bertz CT molecular complexity index is 1570. The van der Waals surface area contributed by atoms with Crippen LogP contribution in [0.2, 0.25) is 5.02 Å². The zero-order valence-electron chi connectivity index (χ0n) is 22.4. The highest BCUT2D eigenvalue weighted by Gasteiger charge is 2.31. The molecule has 2 aliphatic rings. The van der Waals surface area contributed by atoms with Crippen molar-refractivity contribution in [1.82, 2.24) is 29.5 Å². The number of aromatic nitrogens is 4. The van der Waals surface area contributed by atoms with E-state index in [1.54, 1.807) is 12.3 Å². The third-order valence-corrected chi connectivity index (χ3v) is 8.05. The van der Waals surface area contributed by atoms with Crippen LogP contribution in [0.4, 0.5) is 10.5 Å². The highest BCUT2D eigenvalue weighted by molar-refractivity contribution is 6.31. The van der Waals surface area contributed by atoms with Crippen molar-refractivity contribution in [3.05, 3.63) is 71.0 Å². The molecule has 0 unspecified atom stereocenters. The van der Waals surface area contributed by atoms with Gasteiger partial charge in [-0.25, -0.2) is 9.78 Å². The standard InChI is InChI=1S/C29H30ClN7O3/c1-18-31-17-25(35(18)2)20-13-21(15-22(30)14-20)28-34-33-26(40-28)16-27(38)36-10-8-23(9-11-36)37-12-7-19-5-3-4-6-24(19)32-29(37)39/h3-6,13-15,17,23H,7-12,16H2,1-2H3,(H,32,39). The van der Waals surface area contributed by atoms with E-state index in [1.807, 2.05) is 58.7 Å². The third kappa shape index (κ3) is 5.19. The van der Waals surface area contributed by atoms with E-state index in [0.29, 0.717) is 36.1 Å². The number of piperidine rings is 1. The van der Waals surface area contributed by atoms with Crippen LogP contribution in [0.3, 0.4) is 0 Å². The molecule has 1 saturated heterocycles. The Balaban J connectivity index is 1.07. The lowest BCUT2D eigenvalue weighted by atomic mass is 10.0. The number of carbonyl (C=O) groups is 2. The fourth-order valence-corrected chi connectivity index (χ4v) is 5.71. The van der Waals surface area contributed by atoms with Crippen LogP contribution in [0, 0.1) is 6.92 Å². The van der Waals surface area contributed by atoms with Crippen LogP contribution in [-0.4, -0.2) is 67.2 Å². The summed E-state index contributed by atoms with van der Waals surface area (Å²) in [5.41, 5.74) is 4.49. The average molecular weight is 560 g/mol. The number of amides is 3. The Hall–Kier alpha value is -4.18. The van der Waals surface area contributed by atoms with Crippen LogP contribution in [-0.2, 0) is 24.7 Å². The van der Waals surface area contributed by atoms with E-state index >= 15 is 0 Å². The summed E-state index contributed by atoms with van der Waals surface area (Å²) >= 11 is 6.40. The molecule has 206 valence electrons. The molecule has 2 aliphatic heterocycles. The van der Waals surface area contributed by atoms with Crippen LogP contribution >= 0.6 is 11.6 Å². The molecule has 0 radical (unpaired) electrons. The van der Waals surface area contributed by atoms with Gasteiger partial charge in [-0.05, 0) is 56.0 Å².